The molecule has 0 radical (unpaired) electrons. The van der Waals surface area contributed by atoms with Gasteiger partial charge in [-0.2, -0.15) is 0 Å². The number of carbonyl (C=O) groups excluding carboxylic acids is 1. The van der Waals surface area contributed by atoms with Crippen LogP contribution in [0.3, 0.4) is 0 Å². The number of hydrogen-bond donors (Lipinski definition) is 3. The summed E-state index contributed by atoms with van der Waals surface area (Å²) < 4.78 is 5.13. The summed E-state index contributed by atoms with van der Waals surface area (Å²) in [6, 6.07) is 4.49. The Morgan fingerprint density at radius 1 is 1.47 bits per heavy atom. The zero-order valence-corrected chi connectivity index (χ0v) is 10.7. The molecule has 0 aliphatic carbocycles. The average Bonchev–Trinajstić information content (AvgIpc) is 2.81. The molecule has 2 rings (SSSR count). The van der Waals surface area contributed by atoms with Crippen molar-refractivity contribution in [3.05, 3.63) is 28.8 Å². The number of benzene rings is 1. The minimum Gasteiger partial charge on any atom is -0.479 e. The van der Waals surface area contributed by atoms with E-state index in [9.17, 15) is 14.7 Å². The summed E-state index contributed by atoms with van der Waals surface area (Å²) >= 11 is 5.80. The number of carboxylic acids is 1. The minimum atomic E-state index is -1.24. The first-order valence-corrected chi connectivity index (χ1v) is 6.01. The highest BCUT2D eigenvalue weighted by Crippen LogP contribution is 2.28. The lowest BCUT2D eigenvalue weighted by molar-refractivity contribution is -0.142. The van der Waals surface area contributed by atoms with E-state index in [2.05, 4.69) is 5.32 Å². The van der Waals surface area contributed by atoms with Gasteiger partial charge in [-0.1, -0.05) is 11.6 Å². The molecule has 0 spiro atoms. The predicted octanol–water partition coefficient (Wildman–Crippen LogP) is 1.09. The lowest BCUT2D eigenvalue weighted by atomic mass is 9.97. The van der Waals surface area contributed by atoms with Crippen LogP contribution in [0.1, 0.15) is 16.8 Å². The average molecular weight is 285 g/mol. The molecule has 1 saturated heterocycles. The second-order valence-electron chi connectivity index (χ2n) is 4.37. The van der Waals surface area contributed by atoms with E-state index in [4.69, 9.17) is 22.1 Å². The largest absolute Gasteiger partial charge is 0.479 e. The molecule has 7 heteroatoms. The standard InChI is InChI=1S/C12H13ClN2O4/c13-7-1-2-9(8(5-7)10(14)16)15-12(11(17)18)3-4-19-6-12/h1-2,5,15H,3-4,6H2,(H2,14,16)(H,17,18). The van der Waals surface area contributed by atoms with Gasteiger partial charge < -0.3 is 20.9 Å². The number of amides is 1. The second-order valence-corrected chi connectivity index (χ2v) is 4.81. The molecule has 1 aliphatic heterocycles. The van der Waals surface area contributed by atoms with Gasteiger partial charge in [0, 0.05) is 23.7 Å². The van der Waals surface area contributed by atoms with Crippen molar-refractivity contribution in [2.24, 2.45) is 5.73 Å². The van der Waals surface area contributed by atoms with Crippen molar-refractivity contribution in [3.63, 3.8) is 0 Å². The smallest absolute Gasteiger partial charge is 0.331 e. The number of nitrogens with one attached hydrogen (secondary N) is 1. The highest BCUT2D eigenvalue weighted by molar-refractivity contribution is 6.31. The fraction of sp³-hybridized carbons (Fsp3) is 0.333. The highest BCUT2D eigenvalue weighted by atomic mass is 35.5. The molecule has 1 heterocycles. The maximum absolute atomic E-state index is 11.4. The number of rotatable bonds is 4. The molecule has 6 nitrogen and oxygen atoms in total. The third kappa shape index (κ3) is 2.64. The Morgan fingerprint density at radius 3 is 2.74 bits per heavy atom. The van der Waals surface area contributed by atoms with Gasteiger partial charge in [-0.25, -0.2) is 4.79 Å². The third-order valence-corrected chi connectivity index (χ3v) is 3.29. The summed E-state index contributed by atoms with van der Waals surface area (Å²) in [6.07, 6.45) is 0.309. The number of hydrogen-bond acceptors (Lipinski definition) is 4. The van der Waals surface area contributed by atoms with Crippen LogP contribution < -0.4 is 11.1 Å². The number of carboxylic acid groups (broad SMARTS) is 1. The molecule has 4 N–H and O–H groups in total. The van der Waals surface area contributed by atoms with Crippen molar-refractivity contribution in [2.75, 3.05) is 18.5 Å². The van der Waals surface area contributed by atoms with Crippen molar-refractivity contribution in [1.29, 1.82) is 0 Å². The first-order valence-electron chi connectivity index (χ1n) is 5.63. The molecular formula is C12H13ClN2O4. The van der Waals surface area contributed by atoms with E-state index < -0.39 is 17.4 Å². The van der Waals surface area contributed by atoms with E-state index in [0.717, 1.165) is 0 Å². The van der Waals surface area contributed by atoms with E-state index in [0.29, 0.717) is 23.7 Å². The number of ether oxygens (including phenoxy) is 1. The van der Waals surface area contributed by atoms with Gasteiger partial charge in [0.1, 0.15) is 0 Å². The van der Waals surface area contributed by atoms with Crippen LogP contribution in [0.15, 0.2) is 18.2 Å². The third-order valence-electron chi connectivity index (χ3n) is 3.05. The van der Waals surface area contributed by atoms with Crippen molar-refractivity contribution in [3.8, 4) is 0 Å². The van der Waals surface area contributed by atoms with Gasteiger partial charge in [-0.3, -0.25) is 4.79 Å². The Balaban J connectivity index is 2.37. The Kier molecular flexibility index (Phi) is 3.64. The summed E-state index contributed by atoms with van der Waals surface area (Å²) in [6.45, 7) is 0.377. The van der Waals surface area contributed by atoms with Crippen LogP contribution in [0.25, 0.3) is 0 Å². The number of halogens is 1. The quantitative estimate of drug-likeness (QED) is 0.768. The van der Waals surface area contributed by atoms with Crippen molar-refractivity contribution >= 4 is 29.2 Å². The summed E-state index contributed by atoms with van der Waals surface area (Å²) in [5.74, 6) is -1.71. The molecule has 102 valence electrons. The summed E-state index contributed by atoms with van der Waals surface area (Å²) in [5, 5.41) is 12.5. The molecule has 1 unspecified atom stereocenters. The zero-order chi connectivity index (χ0) is 14.0. The molecule has 19 heavy (non-hydrogen) atoms. The molecular weight excluding hydrogens is 272 g/mol. The SMILES string of the molecule is NC(=O)c1cc(Cl)ccc1NC1(C(=O)O)CCOC1. The predicted molar refractivity (Wildman–Crippen MR) is 69.4 cm³/mol. The van der Waals surface area contributed by atoms with Gasteiger partial charge in [0.05, 0.1) is 12.2 Å². The van der Waals surface area contributed by atoms with Gasteiger partial charge >= 0.3 is 5.97 Å². The maximum atomic E-state index is 11.4. The van der Waals surface area contributed by atoms with Crippen LogP contribution in [0, 0.1) is 0 Å². The van der Waals surface area contributed by atoms with Gasteiger partial charge in [0.25, 0.3) is 5.91 Å². The van der Waals surface area contributed by atoms with Gasteiger partial charge in [-0.15, -0.1) is 0 Å². The number of carbonyl (C=O) groups is 2. The van der Waals surface area contributed by atoms with E-state index in [1.54, 1.807) is 6.07 Å². The molecule has 1 atom stereocenters. The van der Waals surface area contributed by atoms with Crippen LogP contribution in [0.2, 0.25) is 5.02 Å². The fourth-order valence-corrected chi connectivity index (χ4v) is 2.14. The van der Waals surface area contributed by atoms with Crippen molar-refractivity contribution in [2.45, 2.75) is 12.0 Å². The molecule has 1 aliphatic rings. The summed E-state index contributed by atoms with van der Waals surface area (Å²) in [5.41, 5.74) is 4.51. The van der Waals surface area contributed by atoms with E-state index in [1.807, 2.05) is 0 Å². The first kappa shape index (κ1) is 13.6. The topological polar surface area (TPSA) is 102 Å². The molecule has 1 aromatic rings. The van der Waals surface area contributed by atoms with Gasteiger partial charge in [0.2, 0.25) is 0 Å². The molecule has 0 bridgehead atoms. The normalized spacial score (nSPS) is 22.2. The number of anilines is 1. The van der Waals surface area contributed by atoms with Crippen molar-refractivity contribution < 1.29 is 19.4 Å². The lowest BCUT2D eigenvalue weighted by Gasteiger charge is -2.26. The summed E-state index contributed by atoms with van der Waals surface area (Å²) in [7, 11) is 0. The molecule has 0 aromatic heterocycles. The van der Waals surface area contributed by atoms with Crippen molar-refractivity contribution in [1.82, 2.24) is 0 Å². The Bertz CT molecular complexity index is 526. The number of aliphatic carboxylic acids is 1. The fourth-order valence-electron chi connectivity index (χ4n) is 1.97. The zero-order valence-electron chi connectivity index (χ0n) is 9.98. The van der Waals surface area contributed by atoms with E-state index >= 15 is 0 Å². The Hall–Kier alpha value is -1.79. The van der Waals surface area contributed by atoms with E-state index in [-0.39, 0.29) is 12.2 Å². The number of primary amides is 1. The number of nitrogens with two attached hydrogens (primary N) is 1. The maximum Gasteiger partial charge on any atom is 0.331 e. The van der Waals surface area contributed by atoms with Crippen LogP contribution in [-0.2, 0) is 9.53 Å². The second kappa shape index (κ2) is 5.07. The summed E-state index contributed by atoms with van der Waals surface area (Å²) in [4.78, 5) is 22.8. The van der Waals surface area contributed by atoms with Gasteiger partial charge in [0.15, 0.2) is 5.54 Å². The molecule has 0 saturated carbocycles. The Morgan fingerprint density at radius 2 is 2.21 bits per heavy atom. The molecule has 1 aromatic carbocycles. The lowest BCUT2D eigenvalue weighted by Crippen LogP contribution is -2.47. The molecule has 1 amide bonds. The van der Waals surface area contributed by atoms with Gasteiger partial charge in [-0.05, 0) is 18.2 Å². The highest BCUT2D eigenvalue weighted by Gasteiger charge is 2.43. The monoisotopic (exact) mass is 284 g/mol. The van der Waals surface area contributed by atoms with Crippen LogP contribution in [0.5, 0.6) is 0 Å². The van der Waals surface area contributed by atoms with Crippen LogP contribution >= 0.6 is 11.6 Å². The van der Waals surface area contributed by atoms with Crippen LogP contribution in [-0.4, -0.2) is 35.7 Å². The van der Waals surface area contributed by atoms with Crippen LogP contribution in [0.4, 0.5) is 5.69 Å². The molecule has 1 fully saturated rings. The first-order chi connectivity index (χ1) is 8.94. The van der Waals surface area contributed by atoms with E-state index in [1.165, 1.54) is 12.1 Å². The Labute approximate surface area is 114 Å². The minimum absolute atomic E-state index is 0.0309.